The summed E-state index contributed by atoms with van der Waals surface area (Å²) in [4.78, 5) is 0. The van der Waals surface area contributed by atoms with Gasteiger partial charge in [-0.25, -0.2) is 8.78 Å². The van der Waals surface area contributed by atoms with Crippen molar-refractivity contribution in [2.45, 2.75) is 33.4 Å². The molecule has 1 atom stereocenters. The zero-order valence-corrected chi connectivity index (χ0v) is 13.1. The summed E-state index contributed by atoms with van der Waals surface area (Å²) in [6, 6.07) is 7.45. The number of aryl methyl sites for hydroxylation is 3. The van der Waals surface area contributed by atoms with E-state index in [1.54, 1.807) is 0 Å². The molecule has 0 fully saturated rings. The van der Waals surface area contributed by atoms with Crippen LogP contribution in [0.5, 0.6) is 0 Å². The zero-order valence-electron chi connectivity index (χ0n) is 13.1. The van der Waals surface area contributed by atoms with Crippen LogP contribution in [0, 0.1) is 32.4 Å². The van der Waals surface area contributed by atoms with E-state index in [1.165, 1.54) is 22.8 Å². The Labute approximate surface area is 129 Å². The Balaban J connectivity index is 1.97. The number of benzene rings is 2. The lowest BCUT2D eigenvalue weighted by molar-refractivity contribution is 0.169. The molecule has 0 radical (unpaired) electrons. The van der Waals surface area contributed by atoms with Crippen molar-refractivity contribution in [3.8, 4) is 0 Å². The first-order valence-corrected chi connectivity index (χ1v) is 7.29. The minimum Gasteiger partial charge on any atom is -0.387 e. The Bertz CT molecular complexity index is 670. The minimum absolute atomic E-state index is 0.103. The maximum atomic E-state index is 13.6. The van der Waals surface area contributed by atoms with Crippen LogP contribution in [0.3, 0.4) is 0 Å². The average Bonchev–Trinajstić information content (AvgIpc) is 2.44. The van der Waals surface area contributed by atoms with Crippen molar-refractivity contribution in [1.82, 2.24) is 5.32 Å². The number of hydrogen-bond acceptors (Lipinski definition) is 2. The van der Waals surface area contributed by atoms with Crippen LogP contribution in [0.1, 0.15) is 33.9 Å². The summed E-state index contributed by atoms with van der Waals surface area (Å²) >= 11 is 0. The van der Waals surface area contributed by atoms with Crippen LogP contribution in [0.2, 0.25) is 0 Å². The molecule has 2 rings (SSSR count). The van der Waals surface area contributed by atoms with E-state index >= 15 is 0 Å². The van der Waals surface area contributed by atoms with E-state index in [2.05, 4.69) is 31.3 Å². The van der Waals surface area contributed by atoms with Crippen LogP contribution in [0.15, 0.2) is 30.3 Å². The number of hydrogen-bond donors (Lipinski definition) is 2. The van der Waals surface area contributed by atoms with Gasteiger partial charge >= 0.3 is 0 Å². The van der Waals surface area contributed by atoms with E-state index in [1.807, 2.05) is 6.92 Å². The fraction of sp³-hybridized carbons (Fsp3) is 0.333. The number of aliphatic hydroxyl groups excluding tert-OH is 1. The van der Waals surface area contributed by atoms with Gasteiger partial charge < -0.3 is 10.4 Å². The molecule has 0 saturated carbocycles. The Morgan fingerprint density at radius 2 is 1.68 bits per heavy atom. The number of rotatable bonds is 5. The Hall–Kier alpha value is -1.78. The molecule has 22 heavy (non-hydrogen) atoms. The van der Waals surface area contributed by atoms with Gasteiger partial charge in [-0.15, -0.1) is 0 Å². The summed E-state index contributed by atoms with van der Waals surface area (Å²) in [7, 11) is 0. The second kappa shape index (κ2) is 6.99. The highest BCUT2D eigenvalue weighted by molar-refractivity contribution is 5.36. The van der Waals surface area contributed by atoms with Gasteiger partial charge in [0.05, 0.1) is 6.10 Å². The first-order chi connectivity index (χ1) is 10.4. The smallest absolute Gasteiger partial charge is 0.131 e. The molecule has 0 spiro atoms. The fourth-order valence-electron chi connectivity index (χ4n) is 2.44. The fourth-order valence-corrected chi connectivity index (χ4v) is 2.44. The van der Waals surface area contributed by atoms with Crippen molar-refractivity contribution >= 4 is 0 Å². The van der Waals surface area contributed by atoms with Gasteiger partial charge in [0.1, 0.15) is 11.6 Å². The molecule has 0 heterocycles. The van der Waals surface area contributed by atoms with Crippen molar-refractivity contribution in [3.63, 3.8) is 0 Å². The summed E-state index contributed by atoms with van der Waals surface area (Å²) in [6.07, 6.45) is -1.01. The van der Waals surface area contributed by atoms with Crippen LogP contribution in [0.25, 0.3) is 0 Å². The van der Waals surface area contributed by atoms with Crippen LogP contribution in [-0.4, -0.2) is 11.7 Å². The standard InChI is InChI=1S/C18H21F2NO/c1-11-6-13(3)14(7-12(11)2)9-21-10-18(22)16-5-4-15(19)8-17(16)20/h4-8,18,21-22H,9-10H2,1-3H3. The summed E-state index contributed by atoms with van der Waals surface area (Å²) in [5, 5.41) is 13.1. The van der Waals surface area contributed by atoms with E-state index in [-0.39, 0.29) is 12.1 Å². The molecular formula is C18H21F2NO. The quantitative estimate of drug-likeness (QED) is 0.882. The maximum absolute atomic E-state index is 13.6. The largest absolute Gasteiger partial charge is 0.387 e. The van der Waals surface area contributed by atoms with Crippen LogP contribution < -0.4 is 5.32 Å². The molecule has 0 aromatic heterocycles. The second-order valence-electron chi connectivity index (χ2n) is 5.68. The Morgan fingerprint density at radius 3 is 2.36 bits per heavy atom. The molecule has 0 aliphatic carbocycles. The predicted octanol–water partition coefficient (Wildman–Crippen LogP) is 3.71. The lowest BCUT2D eigenvalue weighted by atomic mass is 10.0. The minimum atomic E-state index is -1.01. The molecule has 118 valence electrons. The van der Waals surface area contributed by atoms with Crippen molar-refractivity contribution in [3.05, 3.63) is 69.8 Å². The van der Waals surface area contributed by atoms with Crippen molar-refractivity contribution < 1.29 is 13.9 Å². The van der Waals surface area contributed by atoms with E-state index in [0.717, 1.165) is 17.7 Å². The molecule has 0 aliphatic rings. The molecule has 2 aromatic carbocycles. The van der Waals surface area contributed by atoms with Gasteiger partial charge in [0.25, 0.3) is 0 Å². The third kappa shape index (κ3) is 3.90. The zero-order chi connectivity index (χ0) is 16.3. The topological polar surface area (TPSA) is 32.3 Å². The van der Waals surface area contributed by atoms with Gasteiger partial charge in [0.2, 0.25) is 0 Å². The molecular weight excluding hydrogens is 284 g/mol. The maximum Gasteiger partial charge on any atom is 0.131 e. The highest BCUT2D eigenvalue weighted by Crippen LogP contribution is 2.18. The van der Waals surface area contributed by atoms with Crippen LogP contribution >= 0.6 is 0 Å². The molecule has 2 N–H and O–H groups in total. The Kier molecular flexibility index (Phi) is 5.27. The van der Waals surface area contributed by atoms with E-state index in [9.17, 15) is 13.9 Å². The van der Waals surface area contributed by atoms with Crippen LogP contribution in [-0.2, 0) is 6.54 Å². The van der Waals surface area contributed by atoms with Gasteiger partial charge in [0, 0.05) is 24.7 Å². The van der Waals surface area contributed by atoms with Gasteiger partial charge in [-0.1, -0.05) is 18.2 Å². The molecule has 0 aliphatic heterocycles. The van der Waals surface area contributed by atoms with Gasteiger partial charge in [-0.05, 0) is 49.1 Å². The first-order valence-electron chi connectivity index (χ1n) is 7.29. The summed E-state index contributed by atoms with van der Waals surface area (Å²) in [5.41, 5.74) is 4.89. The Morgan fingerprint density at radius 1 is 1.00 bits per heavy atom. The van der Waals surface area contributed by atoms with Gasteiger partial charge in [-0.2, -0.15) is 0 Å². The van der Waals surface area contributed by atoms with E-state index in [0.29, 0.717) is 6.54 Å². The molecule has 0 bridgehead atoms. The van der Waals surface area contributed by atoms with Gasteiger partial charge in [-0.3, -0.25) is 0 Å². The monoisotopic (exact) mass is 305 g/mol. The third-order valence-electron chi connectivity index (χ3n) is 3.93. The second-order valence-corrected chi connectivity index (χ2v) is 5.68. The number of halogens is 2. The molecule has 0 amide bonds. The molecule has 2 nitrogen and oxygen atoms in total. The molecule has 4 heteroatoms. The predicted molar refractivity (Wildman–Crippen MR) is 83.7 cm³/mol. The lowest BCUT2D eigenvalue weighted by Crippen LogP contribution is -2.22. The highest BCUT2D eigenvalue weighted by Gasteiger charge is 2.13. The van der Waals surface area contributed by atoms with Crippen LogP contribution in [0.4, 0.5) is 8.78 Å². The third-order valence-corrected chi connectivity index (χ3v) is 3.93. The SMILES string of the molecule is Cc1cc(C)c(CNCC(O)c2ccc(F)cc2F)cc1C. The normalized spacial score (nSPS) is 12.5. The molecule has 1 unspecified atom stereocenters. The number of nitrogens with one attached hydrogen (secondary N) is 1. The highest BCUT2D eigenvalue weighted by atomic mass is 19.1. The summed E-state index contributed by atoms with van der Waals surface area (Å²) in [6.45, 7) is 6.96. The molecule has 0 saturated heterocycles. The van der Waals surface area contributed by atoms with Crippen molar-refractivity contribution in [2.24, 2.45) is 0 Å². The summed E-state index contributed by atoms with van der Waals surface area (Å²) < 4.78 is 26.4. The average molecular weight is 305 g/mol. The summed E-state index contributed by atoms with van der Waals surface area (Å²) in [5.74, 6) is -1.37. The van der Waals surface area contributed by atoms with E-state index < -0.39 is 17.7 Å². The first kappa shape index (κ1) is 16.6. The van der Waals surface area contributed by atoms with Crippen molar-refractivity contribution in [1.29, 1.82) is 0 Å². The van der Waals surface area contributed by atoms with Gasteiger partial charge in [0.15, 0.2) is 0 Å². The van der Waals surface area contributed by atoms with E-state index in [4.69, 9.17) is 0 Å². The number of aliphatic hydroxyl groups is 1. The lowest BCUT2D eigenvalue weighted by Gasteiger charge is -2.15. The molecule has 2 aromatic rings. The van der Waals surface area contributed by atoms with Crippen molar-refractivity contribution in [2.75, 3.05) is 6.54 Å².